The first-order valence-electron chi connectivity index (χ1n) is 8.59. The lowest BCUT2D eigenvalue weighted by atomic mass is 10.2. The van der Waals surface area contributed by atoms with E-state index < -0.39 is 0 Å². The van der Waals surface area contributed by atoms with Crippen molar-refractivity contribution in [2.45, 2.75) is 26.2 Å². The number of hydrogen-bond donors (Lipinski definition) is 0. The molecule has 1 aliphatic rings. The van der Waals surface area contributed by atoms with Gasteiger partial charge in [-0.15, -0.1) is 0 Å². The fourth-order valence-electron chi connectivity index (χ4n) is 2.93. The molecule has 2 heterocycles. The molecule has 0 bridgehead atoms. The van der Waals surface area contributed by atoms with E-state index in [0.717, 1.165) is 30.2 Å². The molecule has 0 N–H and O–H groups in total. The van der Waals surface area contributed by atoms with Crippen molar-refractivity contribution in [2.75, 3.05) is 38.2 Å². The fourth-order valence-corrected chi connectivity index (χ4v) is 4.01. The molecule has 134 valence electrons. The molecule has 25 heavy (non-hydrogen) atoms. The highest BCUT2D eigenvalue weighted by atomic mass is 32.1. The standard InChI is InChI=1S/C18H23N3O3S/c1-3-13-4-5-14-15(12-13)25-18(19-14)21-10-8-20(9-11-21)16(22)6-7-17(23)24-2/h4-5,12H,3,6-11H2,1-2H3. The summed E-state index contributed by atoms with van der Waals surface area (Å²) < 4.78 is 5.80. The second kappa shape index (κ2) is 7.82. The number of piperazine rings is 1. The van der Waals surface area contributed by atoms with Gasteiger partial charge in [0, 0.05) is 32.6 Å². The van der Waals surface area contributed by atoms with E-state index in [1.54, 1.807) is 11.3 Å². The van der Waals surface area contributed by atoms with E-state index in [9.17, 15) is 9.59 Å². The van der Waals surface area contributed by atoms with Crippen LogP contribution in [0.25, 0.3) is 10.2 Å². The number of benzene rings is 1. The van der Waals surface area contributed by atoms with Gasteiger partial charge in [0.2, 0.25) is 5.91 Å². The first kappa shape index (κ1) is 17.7. The monoisotopic (exact) mass is 361 g/mol. The van der Waals surface area contributed by atoms with E-state index in [2.05, 4.69) is 34.8 Å². The molecule has 1 amide bonds. The average Bonchev–Trinajstić information content (AvgIpc) is 3.08. The van der Waals surface area contributed by atoms with E-state index in [4.69, 9.17) is 4.98 Å². The highest BCUT2D eigenvalue weighted by Gasteiger charge is 2.23. The van der Waals surface area contributed by atoms with Gasteiger partial charge in [-0.25, -0.2) is 4.98 Å². The Bertz CT molecular complexity index is 766. The van der Waals surface area contributed by atoms with E-state index in [-0.39, 0.29) is 24.7 Å². The third-order valence-corrected chi connectivity index (χ3v) is 5.60. The number of ether oxygens (including phenoxy) is 1. The number of thiazole rings is 1. The third-order valence-electron chi connectivity index (χ3n) is 4.52. The summed E-state index contributed by atoms with van der Waals surface area (Å²) in [6.07, 6.45) is 1.39. The summed E-state index contributed by atoms with van der Waals surface area (Å²) in [6.45, 7) is 5.01. The van der Waals surface area contributed by atoms with Crippen LogP contribution in [-0.4, -0.2) is 55.0 Å². The lowest BCUT2D eigenvalue weighted by Crippen LogP contribution is -2.48. The minimum absolute atomic E-state index is 0.0157. The molecule has 1 aromatic heterocycles. The van der Waals surface area contributed by atoms with Crippen LogP contribution in [0.1, 0.15) is 25.3 Å². The topological polar surface area (TPSA) is 62.7 Å². The number of nitrogens with zero attached hydrogens (tertiary/aromatic N) is 3. The van der Waals surface area contributed by atoms with Gasteiger partial charge in [0.1, 0.15) is 0 Å². The van der Waals surface area contributed by atoms with Gasteiger partial charge in [-0.3, -0.25) is 9.59 Å². The summed E-state index contributed by atoms with van der Waals surface area (Å²) >= 11 is 1.71. The lowest BCUT2D eigenvalue weighted by molar-refractivity contribution is -0.143. The number of esters is 1. The minimum atomic E-state index is -0.340. The Kier molecular flexibility index (Phi) is 5.53. The molecule has 1 fully saturated rings. The van der Waals surface area contributed by atoms with Crippen molar-refractivity contribution in [1.29, 1.82) is 0 Å². The van der Waals surface area contributed by atoms with E-state index >= 15 is 0 Å². The molecule has 0 saturated carbocycles. The number of aromatic nitrogens is 1. The van der Waals surface area contributed by atoms with Crippen LogP contribution in [0, 0.1) is 0 Å². The van der Waals surface area contributed by atoms with Crippen molar-refractivity contribution < 1.29 is 14.3 Å². The number of rotatable bonds is 5. The molecular formula is C18H23N3O3S. The Morgan fingerprint density at radius 2 is 1.96 bits per heavy atom. The molecule has 3 rings (SSSR count). The molecule has 1 aliphatic heterocycles. The van der Waals surface area contributed by atoms with Crippen LogP contribution in [0.15, 0.2) is 18.2 Å². The Hall–Kier alpha value is -2.15. The maximum atomic E-state index is 12.2. The lowest BCUT2D eigenvalue weighted by Gasteiger charge is -2.34. The number of carbonyl (C=O) groups is 2. The van der Waals surface area contributed by atoms with Crippen LogP contribution in [0.5, 0.6) is 0 Å². The molecular weight excluding hydrogens is 338 g/mol. The molecule has 2 aromatic rings. The molecule has 0 atom stereocenters. The number of methoxy groups -OCH3 is 1. The quantitative estimate of drug-likeness (QED) is 0.766. The van der Waals surface area contributed by atoms with Crippen LogP contribution in [0.2, 0.25) is 0 Å². The van der Waals surface area contributed by atoms with Crippen LogP contribution < -0.4 is 4.90 Å². The molecule has 0 unspecified atom stereocenters. The zero-order valence-corrected chi connectivity index (χ0v) is 15.5. The van der Waals surface area contributed by atoms with Crippen LogP contribution >= 0.6 is 11.3 Å². The Morgan fingerprint density at radius 3 is 2.64 bits per heavy atom. The molecule has 1 saturated heterocycles. The van der Waals surface area contributed by atoms with Crippen molar-refractivity contribution in [1.82, 2.24) is 9.88 Å². The summed E-state index contributed by atoms with van der Waals surface area (Å²) in [5.74, 6) is -0.324. The summed E-state index contributed by atoms with van der Waals surface area (Å²) in [7, 11) is 1.34. The average molecular weight is 361 g/mol. The number of anilines is 1. The van der Waals surface area contributed by atoms with Crippen molar-refractivity contribution in [3.05, 3.63) is 23.8 Å². The Labute approximate surface area is 151 Å². The van der Waals surface area contributed by atoms with E-state index in [0.29, 0.717) is 13.1 Å². The van der Waals surface area contributed by atoms with Gasteiger partial charge < -0.3 is 14.5 Å². The summed E-state index contributed by atoms with van der Waals surface area (Å²) in [6, 6.07) is 6.42. The minimum Gasteiger partial charge on any atom is -0.469 e. The van der Waals surface area contributed by atoms with E-state index in [1.165, 1.54) is 17.4 Å². The number of aryl methyl sites for hydroxylation is 1. The summed E-state index contributed by atoms with van der Waals surface area (Å²) in [5, 5.41) is 1.02. The summed E-state index contributed by atoms with van der Waals surface area (Å²) in [5.41, 5.74) is 2.36. The first-order valence-corrected chi connectivity index (χ1v) is 9.41. The Balaban J connectivity index is 1.58. The van der Waals surface area contributed by atoms with Gasteiger partial charge in [0.25, 0.3) is 0 Å². The number of fused-ring (bicyclic) bond motifs is 1. The zero-order chi connectivity index (χ0) is 17.8. The van der Waals surface area contributed by atoms with Gasteiger partial charge >= 0.3 is 5.97 Å². The summed E-state index contributed by atoms with van der Waals surface area (Å²) in [4.78, 5) is 32.1. The predicted octanol–water partition coefficient (Wildman–Crippen LogP) is 2.46. The maximum Gasteiger partial charge on any atom is 0.306 e. The second-order valence-electron chi connectivity index (χ2n) is 6.10. The van der Waals surface area contributed by atoms with Crippen molar-refractivity contribution >= 4 is 38.6 Å². The Morgan fingerprint density at radius 1 is 1.20 bits per heavy atom. The van der Waals surface area contributed by atoms with Crippen molar-refractivity contribution in [3.8, 4) is 0 Å². The maximum absolute atomic E-state index is 12.2. The predicted molar refractivity (Wildman–Crippen MR) is 99.0 cm³/mol. The molecule has 0 aliphatic carbocycles. The van der Waals surface area contributed by atoms with Gasteiger partial charge in [-0.05, 0) is 24.1 Å². The zero-order valence-electron chi connectivity index (χ0n) is 14.7. The fraction of sp³-hybridized carbons (Fsp3) is 0.500. The second-order valence-corrected chi connectivity index (χ2v) is 7.11. The molecule has 6 nitrogen and oxygen atoms in total. The van der Waals surface area contributed by atoms with Gasteiger partial charge in [0.15, 0.2) is 5.13 Å². The van der Waals surface area contributed by atoms with Crippen LogP contribution in [0.4, 0.5) is 5.13 Å². The van der Waals surface area contributed by atoms with Crippen molar-refractivity contribution in [3.63, 3.8) is 0 Å². The number of hydrogen-bond acceptors (Lipinski definition) is 6. The highest BCUT2D eigenvalue weighted by molar-refractivity contribution is 7.22. The van der Waals surface area contributed by atoms with Gasteiger partial charge in [0.05, 0.1) is 23.7 Å². The van der Waals surface area contributed by atoms with Crippen molar-refractivity contribution in [2.24, 2.45) is 0 Å². The smallest absolute Gasteiger partial charge is 0.306 e. The SMILES string of the molecule is CCc1ccc2nc(N3CCN(C(=O)CCC(=O)OC)CC3)sc2c1. The molecule has 7 heteroatoms. The third kappa shape index (κ3) is 4.10. The van der Waals surface area contributed by atoms with Gasteiger partial charge in [-0.2, -0.15) is 0 Å². The van der Waals surface area contributed by atoms with Gasteiger partial charge in [-0.1, -0.05) is 24.3 Å². The molecule has 0 spiro atoms. The van der Waals surface area contributed by atoms with E-state index in [1.807, 2.05) is 4.90 Å². The van der Waals surface area contributed by atoms with Crippen LogP contribution in [-0.2, 0) is 20.7 Å². The largest absolute Gasteiger partial charge is 0.469 e. The molecule has 1 aromatic carbocycles. The highest BCUT2D eigenvalue weighted by Crippen LogP contribution is 2.30. The normalized spacial score (nSPS) is 14.8. The number of carbonyl (C=O) groups excluding carboxylic acids is 2. The van der Waals surface area contributed by atoms with Crippen LogP contribution in [0.3, 0.4) is 0 Å². The molecule has 0 radical (unpaired) electrons. The number of amides is 1. The first-order chi connectivity index (χ1) is 12.1.